The van der Waals surface area contributed by atoms with Gasteiger partial charge < -0.3 is 14.0 Å². The third-order valence-corrected chi connectivity index (χ3v) is 5.16. The van der Waals surface area contributed by atoms with E-state index in [-0.39, 0.29) is 19.2 Å². The fraction of sp³-hybridized carbons (Fsp3) is 0.300. The van der Waals surface area contributed by atoms with Crippen LogP contribution in [0.1, 0.15) is 23.7 Å². The first-order valence-electron chi connectivity index (χ1n) is 9.42. The fourth-order valence-corrected chi connectivity index (χ4v) is 3.76. The van der Waals surface area contributed by atoms with Gasteiger partial charge in [-0.1, -0.05) is 35.8 Å². The number of ether oxygens (including phenoxy) is 1. The van der Waals surface area contributed by atoms with Crippen molar-refractivity contribution in [2.75, 3.05) is 20.1 Å². The average Bonchev–Trinajstić information content (AvgIpc) is 3.05. The molecule has 6 nitrogen and oxygen atoms in total. The lowest BCUT2D eigenvalue weighted by Crippen LogP contribution is -2.47. The van der Waals surface area contributed by atoms with Crippen LogP contribution in [0.25, 0.3) is 0 Å². The molecular weight excluding hydrogens is 356 g/mol. The van der Waals surface area contributed by atoms with Gasteiger partial charge in [-0.25, -0.2) is 0 Å². The van der Waals surface area contributed by atoms with Gasteiger partial charge >= 0.3 is 19.1 Å². The molecule has 28 heavy (non-hydrogen) atoms. The maximum absolute atomic E-state index is 11.9. The molecular formula is C20H21B2NO5. The van der Waals surface area contributed by atoms with Crippen molar-refractivity contribution in [3.63, 3.8) is 0 Å². The second-order valence-electron chi connectivity index (χ2n) is 7.34. The number of carbonyl (C=O) groups is 2. The first-order valence-corrected chi connectivity index (χ1v) is 9.42. The number of hydrogen-bond acceptors (Lipinski definition) is 6. The van der Waals surface area contributed by atoms with Gasteiger partial charge in [0.25, 0.3) is 0 Å². The number of likely N-dealkylation sites (N-methyl/N-ethyl adjacent to an activating group) is 1. The Hall–Kier alpha value is -2.73. The summed E-state index contributed by atoms with van der Waals surface area (Å²) < 4.78 is 16.8. The van der Waals surface area contributed by atoms with Gasteiger partial charge in [-0.15, -0.1) is 0 Å². The van der Waals surface area contributed by atoms with E-state index >= 15 is 0 Å². The first kappa shape index (κ1) is 18.6. The molecule has 0 bridgehead atoms. The Morgan fingerprint density at radius 2 is 1.75 bits per heavy atom. The lowest BCUT2D eigenvalue weighted by Gasteiger charge is -2.22. The van der Waals surface area contributed by atoms with Crippen LogP contribution in [-0.4, -0.2) is 51.9 Å². The van der Waals surface area contributed by atoms with Crippen LogP contribution in [0.4, 0.5) is 0 Å². The number of benzene rings is 2. The molecule has 2 aromatic carbocycles. The summed E-state index contributed by atoms with van der Waals surface area (Å²) in [5.74, 6) is -0.136. The molecule has 1 saturated heterocycles. The van der Waals surface area contributed by atoms with E-state index in [0.29, 0.717) is 5.46 Å². The minimum Gasteiger partial charge on any atom is -0.494 e. The zero-order valence-electron chi connectivity index (χ0n) is 16.0. The summed E-state index contributed by atoms with van der Waals surface area (Å²) in [7, 11) is 2.76. The lowest BCUT2D eigenvalue weighted by atomic mass is 9.78. The van der Waals surface area contributed by atoms with Crippen LogP contribution in [0.3, 0.4) is 0 Å². The number of nitrogens with zero attached hydrogens (tertiary/aromatic N) is 1. The summed E-state index contributed by atoms with van der Waals surface area (Å²) in [6.07, 6.45) is 2.01. The van der Waals surface area contributed by atoms with Crippen LogP contribution in [0, 0.1) is 0 Å². The number of hydrogen-bond donors (Lipinski definition) is 0. The van der Waals surface area contributed by atoms with Crippen molar-refractivity contribution in [1.29, 1.82) is 0 Å². The van der Waals surface area contributed by atoms with Gasteiger partial charge in [0.1, 0.15) is 19.7 Å². The molecule has 0 radical (unpaired) electrons. The maximum atomic E-state index is 11.9. The lowest BCUT2D eigenvalue weighted by molar-refractivity contribution is -0.145. The van der Waals surface area contributed by atoms with Crippen LogP contribution in [-0.2, 0) is 25.3 Å². The Morgan fingerprint density at radius 3 is 2.43 bits per heavy atom. The smallest absolute Gasteiger partial charge is 0.494 e. The van der Waals surface area contributed by atoms with Crippen molar-refractivity contribution in [2.24, 2.45) is 0 Å². The molecule has 0 amide bonds. The van der Waals surface area contributed by atoms with Crippen molar-refractivity contribution in [3.05, 3.63) is 53.6 Å². The first-order chi connectivity index (χ1) is 13.5. The average molecular weight is 377 g/mol. The van der Waals surface area contributed by atoms with Gasteiger partial charge in [-0.3, -0.25) is 14.5 Å². The minimum atomic E-state index is -1.03. The van der Waals surface area contributed by atoms with Crippen LogP contribution in [0.5, 0.6) is 5.75 Å². The maximum Gasteiger partial charge on any atom is 0.636 e. The summed E-state index contributed by atoms with van der Waals surface area (Å²) in [5, 5.41) is 0. The Labute approximate surface area is 165 Å². The predicted molar refractivity (Wildman–Crippen MR) is 108 cm³/mol. The van der Waals surface area contributed by atoms with Gasteiger partial charge in [0.2, 0.25) is 0 Å². The van der Waals surface area contributed by atoms with E-state index in [1.54, 1.807) is 24.1 Å². The van der Waals surface area contributed by atoms with Gasteiger partial charge in [0, 0.05) is 5.46 Å². The molecule has 2 aliphatic rings. The topological polar surface area (TPSA) is 65.1 Å². The van der Waals surface area contributed by atoms with E-state index in [1.807, 2.05) is 12.1 Å². The Bertz CT molecular complexity index is 882. The molecule has 0 saturated carbocycles. The van der Waals surface area contributed by atoms with Crippen LogP contribution in [0.15, 0.2) is 42.5 Å². The molecule has 8 heteroatoms. The fourth-order valence-electron chi connectivity index (χ4n) is 3.76. The van der Waals surface area contributed by atoms with Crippen LogP contribution >= 0.6 is 0 Å². The highest BCUT2D eigenvalue weighted by atomic mass is 16.6. The molecule has 2 aromatic rings. The van der Waals surface area contributed by atoms with E-state index < -0.39 is 19.1 Å². The number of fused-ring (bicyclic) bond motifs is 1. The highest BCUT2D eigenvalue weighted by molar-refractivity contribution is 6.64. The molecule has 1 fully saturated rings. The Balaban J connectivity index is 1.47. The van der Waals surface area contributed by atoms with Crippen molar-refractivity contribution in [2.45, 2.75) is 18.9 Å². The number of carbonyl (C=O) groups excluding carboxylic acids is 2. The molecule has 0 aromatic heterocycles. The summed E-state index contributed by atoms with van der Waals surface area (Å²) in [6.45, 7) is 0.0978. The minimum absolute atomic E-state index is 0.0355. The van der Waals surface area contributed by atoms with E-state index in [2.05, 4.69) is 26.0 Å². The molecule has 0 N–H and O–H groups in total. The molecule has 1 aliphatic heterocycles. The zero-order chi connectivity index (χ0) is 19.7. The molecule has 142 valence electrons. The second kappa shape index (κ2) is 7.72. The Morgan fingerprint density at radius 1 is 1.07 bits per heavy atom. The summed E-state index contributed by atoms with van der Waals surface area (Å²) >= 11 is 0. The summed E-state index contributed by atoms with van der Waals surface area (Å²) in [6, 6.07) is 13.5. The van der Waals surface area contributed by atoms with Crippen molar-refractivity contribution < 1.29 is 23.6 Å². The highest BCUT2D eigenvalue weighted by Gasteiger charge is 2.33. The van der Waals surface area contributed by atoms with Gasteiger partial charge in [0.05, 0.1) is 13.1 Å². The van der Waals surface area contributed by atoms with E-state index in [1.165, 1.54) is 16.6 Å². The van der Waals surface area contributed by atoms with Crippen LogP contribution < -0.4 is 15.7 Å². The van der Waals surface area contributed by atoms with Gasteiger partial charge in [0.15, 0.2) is 0 Å². The monoisotopic (exact) mass is 377 g/mol. The van der Waals surface area contributed by atoms with Crippen LogP contribution in [0.2, 0.25) is 0 Å². The molecule has 4 rings (SSSR count). The third kappa shape index (κ3) is 3.92. The zero-order valence-corrected chi connectivity index (χ0v) is 16.0. The predicted octanol–water partition coefficient (Wildman–Crippen LogP) is -0.262. The molecule has 1 atom stereocenters. The summed E-state index contributed by atoms with van der Waals surface area (Å²) in [4.78, 5) is 25.4. The molecule has 1 aliphatic carbocycles. The van der Waals surface area contributed by atoms with Gasteiger partial charge in [-0.05, 0) is 43.1 Å². The van der Waals surface area contributed by atoms with Crippen molar-refractivity contribution >= 4 is 37.8 Å². The summed E-state index contributed by atoms with van der Waals surface area (Å²) in [5.41, 5.74) is 4.53. The molecule has 0 spiro atoms. The van der Waals surface area contributed by atoms with Gasteiger partial charge in [-0.2, -0.15) is 0 Å². The molecule has 1 heterocycles. The highest BCUT2D eigenvalue weighted by Crippen LogP contribution is 2.33. The van der Waals surface area contributed by atoms with E-state index in [9.17, 15) is 9.59 Å². The Kier molecular flexibility index (Phi) is 5.13. The third-order valence-electron chi connectivity index (χ3n) is 5.16. The van der Waals surface area contributed by atoms with Crippen molar-refractivity contribution in [3.8, 4) is 5.75 Å². The second-order valence-corrected chi connectivity index (χ2v) is 7.34. The van der Waals surface area contributed by atoms with E-state index in [0.717, 1.165) is 18.6 Å². The SMILES string of the molecule is Bc1cccc2c1CC[C@H]2Oc1ccc(B2OC(=O)CN(C)CC(=O)O2)cc1. The normalized spacial score (nSPS) is 20.0. The number of rotatable bonds is 3. The van der Waals surface area contributed by atoms with E-state index in [4.69, 9.17) is 14.0 Å². The quantitative estimate of drug-likeness (QED) is 0.687. The van der Waals surface area contributed by atoms with Crippen molar-refractivity contribution in [1.82, 2.24) is 4.90 Å². The standard InChI is InChI=1S/C20H21B2NO5/c1-23-11-19(24)27-22(28-20(25)12-23)13-5-7-14(8-6-13)26-18-10-9-15-16(18)3-2-4-17(15)21/h2-8,18H,9-12,21H2,1H3/t18-/m1/s1. The molecule has 0 unspecified atom stereocenters. The largest absolute Gasteiger partial charge is 0.636 e.